The van der Waals surface area contributed by atoms with Crippen molar-refractivity contribution in [2.45, 2.75) is 32.1 Å². The summed E-state index contributed by atoms with van der Waals surface area (Å²) in [6.07, 6.45) is -5.15. The van der Waals surface area contributed by atoms with Crippen LogP contribution < -0.4 is 0 Å². The molecule has 1 N–H and O–H groups in total. The van der Waals surface area contributed by atoms with Crippen molar-refractivity contribution in [2.24, 2.45) is 11.8 Å². The van der Waals surface area contributed by atoms with Crippen LogP contribution in [0, 0.1) is 18.3 Å². The van der Waals surface area contributed by atoms with Gasteiger partial charge >= 0.3 is 30.2 Å². The molecular formula is C11H13F6O4. The standard InChI is InChI=1S/C11H13F6O4/c1-5(7(18)19)6(2)8(20)21-4-3-10(14,15)11(16,17)9(12)13/h3,5-6,9H,4H2,1-2H3,(H,18,19). The monoisotopic (exact) mass is 323 g/mol. The molecule has 0 aliphatic carbocycles. The Labute approximate surface area is 116 Å². The quantitative estimate of drug-likeness (QED) is 0.551. The van der Waals surface area contributed by atoms with Gasteiger partial charge in [-0.3, -0.25) is 9.59 Å². The van der Waals surface area contributed by atoms with Gasteiger partial charge in [-0.25, -0.2) is 8.78 Å². The number of ether oxygens (including phenoxy) is 1. The molecular weight excluding hydrogens is 310 g/mol. The number of hydrogen-bond donors (Lipinski definition) is 1. The zero-order valence-electron chi connectivity index (χ0n) is 11.0. The Bertz CT molecular complexity index is 385. The minimum absolute atomic E-state index is 0.560. The van der Waals surface area contributed by atoms with Gasteiger partial charge in [0, 0.05) is 0 Å². The van der Waals surface area contributed by atoms with Gasteiger partial charge in [0.25, 0.3) is 0 Å². The summed E-state index contributed by atoms with van der Waals surface area (Å²) in [6, 6.07) is 0. The lowest BCUT2D eigenvalue weighted by Crippen LogP contribution is -2.47. The molecule has 21 heavy (non-hydrogen) atoms. The van der Waals surface area contributed by atoms with Crippen molar-refractivity contribution in [1.82, 2.24) is 0 Å². The van der Waals surface area contributed by atoms with E-state index in [9.17, 15) is 35.9 Å². The van der Waals surface area contributed by atoms with E-state index in [1.165, 1.54) is 0 Å². The van der Waals surface area contributed by atoms with Gasteiger partial charge < -0.3 is 9.84 Å². The summed E-state index contributed by atoms with van der Waals surface area (Å²) in [5.74, 6) is -15.8. The van der Waals surface area contributed by atoms with E-state index in [1.54, 1.807) is 0 Å². The fraction of sp³-hybridized carbons (Fsp3) is 0.727. The smallest absolute Gasteiger partial charge is 0.369 e. The number of carboxylic acid groups (broad SMARTS) is 1. The van der Waals surface area contributed by atoms with Crippen molar-refractivity contribution < 1.29 is 45.8 Å². The third-order valence-electron chi connectivity index (χ3n) is 2.80. The number of rotatable bonds is 8. The average molecular weight is 323 g/mol. The van der Waals surface area contributed by atoms with Gasteiger partial charge in [0.2, 0.25) is 0 Å². The number of esters is 1. The van der Waals surface area contributed by atoms with Crippen LogP contribution in [0.3, 0.4) is 0 Å². The molecule has 0 aromatic carbocycles. The van der Waals surface area contributed by atoms with Crippen LogP contribution in [0.5, 0.6) is 0 Å². The fourth-order valence-corrected chi connectivity index (χ4v) is 1.06. The van der Waals surface area contributed by atoms with Gasteiger partial charge in [0.1, 0.15) is 6.61 Å². The first-order valence-corrected chi connectivity index (χ1v) is 5.62. The molecule has 1 radical (unpaired) electrons. The Kier molecular flexibility index (Phi) is 6.50. The second kappa shape index (κ2) is 6.99. The topological polar surface area (TPSA) is 63.6 Å². The summed E-state index contributed by atoms with van der Waals surface area (Å²) >= 11 is 0. The van der Waals surface area contributed by atoms with Crippen LogP contribution in [0.2, 0.25) is 0 Å². The predicted molar refractivity (Wildman–Crippen MR) is 57.1 cm³/mol. The van der Waals surface area contributed by atoms with Crippen molar-refractivity contribution in [3.8, 4) is 0 Å². The van der Waals surface area contributed by atoms with Crippen LogP contribution in [-0.2, 0) is 14.3 Å². The molecule has 0 aliphatic rings. The van der Waals surface area contributed by atoms with Crippen molar-refractivity contribution in [3.63, 3.8) is 0 Å². The van der Waals surface area contributed by atoms with Crippen LogP contribution in [0.15, 0.2) is 0 Å². The molecule has 0 heterocycles. The Hall–Kier alpha value is -1.48. The third-order valence-corrected chi connectivity index (χ3v) is 2.80. The van der Waals surface area contributed by atoms with E-state index in [4.69, 9.17) is 5.11 Å². The van der Waals surface area contributed by atoms with Gasteiger partial charge in [-0.2, -0.15) is 17.6 Å². The average Bonchev–Trinajstić information content (AvgIpc) is 2.35. The van der Waals surface area contributed by atoms with Crippen molar-refractivity contribution in [3.05, 3.63) is 6.42 Å². The maximum atomic E-state index is 12.8. The van der Waals surface area contributed by atoms with Crippen LogP contribution in [0.1, 0.15) is 13.8 Å². The van der Waals surface area contributed by atoms with Crippen molar-refractivity contribution in [2.75, 3.05) is 6.61 Å². The molecule has 0 amide bonds. The summed E-state index contributed by atoms with van der Waals surface area (Å²) in [7, 11) is 0. The molecule has 0 aliphatic heterocycles. The molecule has 0 saturated carbocycles. The Morgan fingerprint density at radius 2 is 1.62 bits per heavy atom. The molecule has 0 saturated heterocycles. The molecule has 0 rings (SSSR count). The van der Waals surface area contributed by atoms with Gasteiger partial charge in [-0.1, -0.05) is 13.8 Å². The van der Waals surface area contributed by atoms with Crippen LogP contribution in [0.25, 0.3) is 0 Å². The molecule has 2 unspecified atom stereocenters. The number of carboxylic acids is 1. The predicted octanol–water partition coefficient (Wildman–Crippen LogP) is 2.63. The maximum absolute atomic E-state index is 12.8. The Balaban J connectivity index is 4.50. The van der Waals surface area contributed by atoms with E-state index in [-0.39, 0.29) is 0 Å². The van der Waals surface area contributed by atoms with Gasteiger partial charge in [-0.05, 0) is 0 Å². The lowest BCUT2D eigenvalue weighted by molar-refractivity contribution is -0.250. The third kappa shape index (κ3) is 4.78. The highest BCUT2D eigenvalue weighted by atomic mass is 19.3. The second-order valence-corrected chi connectivity index (χ2v) is 4.30. The van der Waals surface area contributed by atoms with Gasteiger partial charge in [-0.15, -0.1) is 0 Å². The first-order chi connectivity index (χ1) is 9.34. The minimum atomic E-state index is -5.60. The summed E-state index contributed by atoms with van der Waals surface area (Å²) in [5, 5.41) is 8.61. The highest BCUT2D eigenvalue weighted by molar-refractivity contribution is 5.80. The SMILES string of the molecule is CC(C(=O)O)C(C)C(=O)OC[CH]C(F)(F)C(F)(F)C(F)F. The zero-order chi connectivity index (χ0) is 17.0. The first-order valence-electron chi connectivity index (χ1n) is 5.62. The number of aliphatic carboxylic acids is 1. The van der Waals surface area contributed by atoms with Gasteiger partial charge in [0.15, 0.2) is 0 Å². The molecule has 4 nitrogen and oxygen atoms in total. The minimum Gasteiger partial charge on any atom is -0.481 e. The van der Waals surface area contributed by atoms with E-state index >= 15 is 0 Å². The van der Waals surface area contributed by atoms with E-state index < -0.39 is 55.1 Å². The Morgan fingerprint density at radius 1 is 1.14 bits per heavy atom. The van der Waals surface area contributed by atoms with Crippen molar-refractivity contribution in [1.29, 1.82) is 0 Å². The summed E-state index contributed by atoms with van der Waals surface area (Å²) in [6.45, 7) is 0.926. The maximum Gasteiger partial charge on any atom is 0.369 e. The first kappa shape index (κ1) is 19.5. The highest BCUT2D eigenvalue weighted by Gasteiger charge is 2.62. The molecule has 0 aromatic rings. The normalized spacial score (nSPS) is 15.7. The number of carbonyl (C=O) groups is 2. The summed E-state index contributed by atoms with van der Waals surface area (Å²) in [5.41, 5.74) is 0. The lowest BCUT2D eigenvalue weighted by atomic mass is 9.96. The van der Waals surface area contributed by atoms with E-state index in [2.05, 4.69) is 4.74 Å². The van der Waals surface area contributed by atoms with Crippen LogP contribution in [0.4, 0.5) is 26.3 Å². The van der Waals surface area contributed by atoms with E-state index in [0.29, 0.717) is 0 Å². The summed E-state index contributed by atoms with van der Waals surface area (Å²) < 4.78 is 78.4. The number of hydrogen-bond acceptors (Lipinski definition) is 3. The summed E-state index contributed by atoms with van der Waals surface area (Å²) in [4.78, 5) is 21.8. The largest absolute Gasteiger partial charge is 0.481 e. The molecule has 2 atom stereocenters. The molecule has 0 aromatic heterocycles. The van der Waals surface area contributed by atoms with Crippen LogP contribution in [-0.4, -0.2) is 41.9 Å². The lowest BCUT2D eigenvalue weighted by Gasteiger charge is -2.25. The zero-order valence-corrected chi connectivity index (χ0v) is 11.0. The van der Waals surface area contributed by atoms with Crippen molar-refractivity contribution >= 4 is 11.9 Å². The number of carbonyl (C=O) groups excluding carboxylic acids is 1. The number of alkyl halides is 6. The second-order valence-electron chi connectivity index (χ2n) is 4.30. The number of halogens is 6. The van der Waals surface area contributed by atoms with E-state index in [1.807, 2.05) is 0 Å². The van der Waals surface area contributed by atoms with Gasteiger partial charge in [0.05, 0.1) is 18.3 Å². The van der Waals surface area contributed by atoms with E-state index in [0.717, 1.165) is 13.8 Å². The Morgan fingerprint density at radius 3 is 2.00 bits per heavy atom. The highest BCUT2D eigenvalue weighted by Crippen LogP contribution is 2.40. The molecule has 0 fully saturated rings. The molecule has 0 spiro atoms. The van der Waals surface area contributed by atoms with Crippen LogP contribution >= 0.6 is 0 Å². The molecule has 123 valence electrons. The molecule has 10 heteroatoms. The fourth-order valence-electron chi connectivity index (χ4n) is 1.06. The molecule has 0 bridgehead atoms.